The minimum atomic E-state index is -0.815. The summed E-state index contributed by atoms with van der Waals surface area (Å²) < 4.78 is 2.19. The van der Waals surface area contributed by atoms with Crippen molar-refractivity contribution in [1.29, 1.82) is 0 Å². The molecule has 0 saturated carbocycles. The fourth-order valence-corrected chi connectivity index (χ4v) is 5.30. The lowest BCUT2D eigenvalue weighted by Gasteiger charge is -2.18. The quantitative estimate of drug-likeness (QED) is 0.210. The van der Waals surface area contributed by atoms with E-state index in [-0.39, 0.29) is 0 Å². The summed E-state index contributed by atoms with van der Waals surface area (Å²) in [4.78, 5) is 18.4. The maximum absolute atomic E-state index is 12.6. The Bertz CT molecular complexity index is 1300. The van der Waals surface area contributed by atoms with Crippen LogP contribution in [0.1, 0.15) is 47.3 Å². The Kier molecular flexibility index (Phi) is 9.15. The molecule has 0 aliphatic carbocycles. The van der Waals surface area contributed by atoms with Crippen LogP contribution in [0.4, 0.5) is 0 Å². The van der Waals surface area contributed by atoms with Crippen molar-refractivity contribution in [3.05, 3.63) is 116 Å². The Hall–Kier alpha value is -3.15. The highest BCUT2D eigenvalue weighted by Gasteiger charge is 2.24. The minimum Gasteiger partial charge on any atom is -0.481 e. The Morgan fingerprint density at radius 2 is 1.89 bits per heavy atom. The fraction of sp³-hybridized carbons (Fsp3) is 0.267. The summed E-state index contributed by atoms with van der Waals surface area (Å²) in [5.41, 5.74) is 3.81. The molecule has 1 unspecified atom stereocenters. The van der Waals surface area contributed by atoms with Gasteiger partial charge in [-0.2, -0.15) is 0 Å². The average molecular weight is 519 g/mol. The molecule has 36 heavy (non-hydrogen) atoms. The molecule has 2 aromatic heterocycles. The van der Waals surface area contributed by atoms with Crippen molar-refractivity contribution in [1.82, 2.24) is 9.55 Å². The first-order chi connectivity index (χ1) is 17.5. The summed E-state index contributed by atoms with van der Waals surface area (Å²) in [7, 11) is 0. The normalized spacial score (nSPS) is 12.6. The number of imidazole rings is 1. The topological polar surface area (TPSA) is 55.1 Å². The number of unbranched alkanes of at least 4 members (excludes halogenated alkanes) is 1. The van der Waals surface area contributed by atoms with Gasteiger partial charge in [0.1, 0.15) is 5.82 Å². The third-order valence-electron chi connectivity index (χ3n) is 6.33. The van der Waals surface area contributed by atoms with Crippen molar-refractivity contribution in [2.75, 3.05) is 0 Å². The molecule has 4 aromatic rings. The first-order valence-corrected chi connectivity index (χ1v) is 13.6. The Morgan fingerprint density at radius 1 is 1.11 bits per heavy atom. The van der Waals surface area contributed by atoms with E-state index in [2.05, 4.69) is 17.6 Å². The number of aryl methyl sites for hydroxylation is 1. The van der Waals surface area contributed by atoms with Crippen molar-refractivity contribution in [2.24, 2.45) is 5.92 Å². The van der Waals surface area contributed by atoms with Crippen LogP contribution in [0.15, 0.2) is 83.9 Å². The number of aliphatic carboxylic acids is 1. The van der Waals surface area contributed by atoms with Crippen LogP contribution in [-0.2, 0) is 30.6 Å². The van der Waals surface area contributed by atoms with E-state index in [1.54, 1.807) is 11.3 Å². The van der Waals surface area contributed by atoms with Gasteiger partial charge < -0.3 is 9.67 Å². The van der Waals surface area contributed by atoms with E-state index in [0.717, 1.165) is 52.4 Å². The molecule has 0 amide bonds. The number of thiophene rings is 1. The smallest absolute Gasteiger partial charge is 0.310 e. The summed E-state index contributed by atoms with van der Waals surface area (Å²) in [5, 5.41) is 13.0. The standard InChI is InChI=1S/C30H31ClN2O2S/c1-2-3-15-29-32-20-25(33(29)21-23-12-7-8-14-28(23)31)18-24(19-26-13-9-16-36-26)27(30(34)35)17-22-10-5-4-6-11-22/h4-14,16,18,20,27H,2-3,15,17,19,21H2,1H3,(H,34,35). The number of rotatable bonds is 12. The molecular weight excluding hydrogens is 488 g/mol. The van der Waals surface area contributed by atoms with Gasteiger partial charge in [0.2, 0.25) is 0 Å². The largest absolute Gasteiger partial charge is 0.481 e. The van der Waals surface area contributed by atoms with E-state index >= 15 is 0 Å². The number of halogens is 1. The van der Waals surface area contributed by atoms with Crippen molar-refractivity contribution >= 4 is 35.0 Å². The van der Waals surface area contributed by atoms with Gasteiger partial charge in [-0.25, -0.2) is 4.98 Å². The fourth-order valence-electron chi connectivity index (χ4n) is 4.36. The van der Waals surface area contributed by atoms with E-state index in [4.69, 9.17) is 16.6 Å². The molecule has 1 atom stereocenters. The number of nitrogens with zero attached hydrogens (tertiary/aromatic N) is 2. The molecule has 0 fully saturated rings. The lowest BCUT2D eigenvalue weighted by molar-refractivity contribution is -0.140. The maximum atomic E-state index is 12.6. The minimum absolute atomic E-state index is 0.439. The molecule has 2 heterocycles. The van der Waals surface area contributed by atoms with Gasteiger partial charge in [-0.15, -0.1) is 11.3 Å². The van der Waals surface area contributed by atoms with Crippen molar-refractivity contribution < 1.29 is 9.90 Å². The zero-order valence-corrected chi connectivity index (χ0v) is 22.0. The Balaban J connectivity index is 1.77. The highest BCUT2D eigenvalue weighted by molar-refractivity contribution is 7.09. The van der Waals surface area contributed by atoms with Crippen LogP contribution >= 0.6 is 22.9 Å². The number of carboxylic acids is 1. The van der Waals surface area contributed by atoms with Gasteiger partial charge in [-0.3, -0.25) is 4.79 Å². The SMILES string of the molecule is CCCCc1ncc(C=C(Cc2cccs2)C(Cc2ccccc2)C(=O)O)n1Cc1ccccc1Cl. The van der Waals surface area contributed by atoms with Gasteiger partial charge in [0.15, 0.2) is 0 Å². The van der Waals surface area contributed by atoms with Crippen LogP contribution in [0.25, 0.3) is 6.08 Å². The zero-order chi connectivity index (χ0) is 25.3. The molecule has 0 spiro atoms. The summed E-state index contributed by atoms with van der Waals surface area (Å²) in [6.45, 7) is 2.76. The predicted octanol–water partition coefficient (Wildman–Crippen LogP) is 7.56. The molecule has 0 saturated heterocycles. The lowest BCUT2D eigenvalue weighted by Crippen LogP contribution is -2.20. The highest BCUT2D eigenvalue weighted by atomic mass is 35.5. The molecule has 0 aliphatic rings. The second-order valence-electron chi connectivity index (χ2n) is 8.94. The molecule has 4 rings (SSSR count). The summed E-state index contributed by atoms with van der Waals surface area (Å²) in [6.07, 6.45) is 7.92. The Labute approximate surface area is 221 Å². The first-order valence-electron chi connectivity index (χ1n) is 12.3. The van der Waals surface area contributed by atoms with Crippen LogP contribution < -0.4 is 0 Å². The van der Waals surface area contributed by atoms with E-state index in [9.17, 15) is 9.90 Å². The van der Waals surface area contributed by atoms with Gasteiger partial charge in [-0.1, -0.05) is 79.5 Å². The van der Waals surface area contributed by atoms with Crippen molar-refractivity contribution in [3.8, 4) is 0 Å². The molecule has 2 aromatic carbocycles. The van der Waals surface area contributed by atoms with Crippen LogP contribution in [0.2, 0.25) is 5.02 Å². The van der Waals surface area contributed by atoms with Gasteiger partial charge in [-0.05, 0) is 53.1 Å². The van der Waals surface area contributed by atoms with Gasteiger partial charge in [0.05, 0.1) is 24.4 Å². The number of hydrogen-bond acceptors (Lipinski definition) is 3. The summed E-state index contributed by atoms with van der Waals surface area (Å²) in [6, 6.07) is 21.8. The average Bonchev–Trinajstić information content (AvgIpc) is 3.53. The van der Waals surface area contributed by atoms with Gasteiger partial charge >= 0.3 is 5.97 Å². The summed E-state index contributed by atoms with van der Waals surface area (Å²) >= 11 is 8.16. The number of aromatic nitrogens is 2. The van der Waals surface area contributed by atoms with E-state index in [1.165, 1.54) is 0 Å². The van der Waals surface area contributed by atoms with Crippen molar-refractivity contribution in [2.45, 2.75) is 45.6 Å². The number of carbonyl (C=O) groups is 1. The molecule has 1 N–H and O–H groups in total. The van der Waals surface area contributed by atoms with E-state index in [0.29, 0.717) is 24.4 Å². The summed E-state index contributed by atoms with van der Waals surface area (Å²) in [5.74, 6) is -0.462. The molecule has 0 aliphatic heterocycles. The van der Waals surface area contributed by atoms with Crippen LogP contribution in [0.5, 0.6) is 0 Å². The molecule has 6 heteroatoms. The first kappa shape index (κ1) is 25.9. The van der Waals surface area contributed by atoms with Gasteiger partial charge in [0, 0.05) is 22.7 Å². The molecule has 186 valence electrons. The number of hydrogen-bond donors (Lipinski definition) is 1. The van der Waals surface area contributed by atoms with E-state index < -0.39 is 11.9 Å². The van der Waals surface area contributed by atoms with Gasteiger partial charge in [0.25, 0.3) is 0 Å². The monoisotopic (exact) mass is 518 g/mol. The molecule has 4 nitrogen and oxygen atoms in total. The van der Waals surface area contributed by atoms with Crippen LogP contribution in [0.3, 0.4) is 0 Å². The van der Waals surface area contributed by atoms with Crippen LogP contribution in [0, 0.1) is 5.92 Å². The molecular formula is C30H31ClN2O2S. The molecule has 0 radical (unpaired) electrons. The van der Waals surface area contributed by atoms with E-state index in [1.807, 2.05) is 78.3 Å². The zero-order valence-electron chi connectivity index (χ0n) is 20.4. The predicted molar refractivity (Wildman–Crippen MR) is 149 cm³/mol. The second-order valence-corrected chi connectivity index (χ2v) is 10.4. The second kappa shape index (κ2) is 12.7. The van der Waals surface area contributed by atoms with Crippen molar-refractivity contribution in [3.63, 3.8) is 0 Å². The Morgan fingerprint density at radius 3 is 2.58 bits per heavy atom. The molecule has 0 bridgehead atoms. The maximum Gasteiger partial charge on any atom is 0.310 e. The third kappa shape index (κ3) is 6.74. The number of benzene rings is 2. The highest BCUT2D eigenvalue weighted by Crippen LogP contribution is 2.28. The number of carboxylic acid groups (broad SMARTS) is 1. The van der Waals surface area contributed by atoms with Crippen LogP contribution in [-0.4, -0.2) is 20.6 Å². The third-order valence-corrected chi connectivity index (χ3v) is 7.57. The lowest BCUT2D eigenvalue weighted by atomic mass is 9.88.